The molecule has 1 unspecified atom stereocenters. The molecule has 0 bridgehead atoms. The second-order valence-corrected chi connectivity index (χ2v) is 5.29. The molecule has 0 spiro atoms. The first-order chi connectivity index (χ1) is 9.43. The molecule has 0 saturated heterocycles. The number of hydrogen-bond donors (Lipinski definition) is 2. The quantitative estimate of drug-likeness (QED) is 0.529. The number of carbonyl (C=O) groups excluding carboxylic acids is 1. The molecule has 0 radical (unpaired) electrons. The lowest BCUT2D eigenvalue weighted by Crippen LogP contribution is -2.35. The number of carbonyl (C=O) groups is 1. The van der Waals surface area contributed by atoms with Crippen LogP contribution in [0.4, 0.5) is 4.39 Å². The first-order valence-electron chi connectivity index (χ1n) is 7.24. The Hall–Kier alpha value is -0.720. The number of hydrogen-bond acceptors (Lipinski definition) is 4. The van der Waals surface area contributed by atoms with Crippen molar-refractivity contribution in [3.05, 3.63) is 0 Å². The van der Waals surface area contributed by atoms with Gasteiger partial charge in [-0.05, 0) is 0 Å². The minimum absolute atomic E-state index is 0.00379. The first-order valence-corrected chi connectivity index (χ1v) is 7.24. The van der Waals surface area contributed by atoms with E-state index in [0.717, 1.165) is 6.54 Å². The molecule has 0 aromatic heterocycles. The van der Waals surface area contributed by atoms with Crippen LogP contribution in [-0.2, 0) is 14.3 Å². The Labute approximate surface area is 121 Å². The van der Waals surface area contributed by atoms with E-state index in [4.69, 9.17) is 9.47 Å². The van der Waals surface area contributed by atoms with Crippen molar-refractivity contribution in [2.75, 3.05) is 39.5 Å². The second-order valence-electron chi connectivity index (χ2n) is 5.29. The molecule has 0 aliphatic carbocycles. The lowest BCUT2D eigenvalue weighted by atomic mass is 10.2. The molecule has 0 aromatic rings. The summed E-state index contributed by atoms with van der Waals surface area (Å²) in [6, 6.07) is 0.447. The summed E-state index contributed by atoms with van der Waals surface area (Å²) in [4.78, 5) is 11.2. The SMILES string of the molecule is CC(C)NCCOCCOCC(F)CNC(=O)C(C)C. The van der Waals surface area contributed by atoms with Crippen LogP contribution in [0.25, 0.3) is 0 Å². The van der Waals surface area contributed by atoms with E-state index in [9.17, 15) is 9.18 Å². The maximum Gasteiger partial charge on any atom is 0.222 e. The molecule has 0 aliphatic heterocycles. The summed E-state index contributed by atoms with van der Waals surface area (Å²) in [5, 5.41) is 5.75. The smallest absolute Gasteiger partial charge is 0.222 e. The Balaban J connectivity index is 3.31. The number of rotatable bonds is 12. The fourth-order valence-corrected chi connectivity index (χ4v) is 1.33. The van der Waals surface area contributed by atoms with Crippen LogP contribution in [-0.4, -0.2) is 57.6 Å². The molecule has 6 heteroatoms. The monoisotopic (exact) mass is 292 g/mol. The number of ether oxygens (including phenoxy) is 2. The van der Waals surface area contributed by atoms with Crippen molar-refractivity contribution in [2.45, 2.75) is 39.9 Å². The normalized spacial score (nSPS) is 12.9. The van der Waals surface area contributed by atoms with Gasteiger partial charge in [0.05, 0.1) is 33.0 Å². The van der Waals surface area contributed by atoms with Gasteiger partial charge in [0.1, 0.15) is 6.17 Å². The zero-order valence-electron chi connectivity index (χ0n) is 13.1. The van der Waals surface area contributed by atoms with Crippen LogP contribution >= 0.6 is 0 Å². The number of nitrogens with one attached hydrogen (secondary N) is 2. The van der Waals surface area contributed by atoms with E-state index in [1.54, 1.807) is 13.8 Å². The van der Waals surface area contributed by atoms with Crippen LogP contribution in [0.1, 0.15) is 27.7 Å². The third-order valence-electron chi connectivity index (χ3n) is 2.49. The average Bonchev–Trinajstić information content (AvgIpc) is 2.38. The lowest BCUT2D eigenvalue weighted by Gasteiger charge is -2.12. The van der Waals surface area contributed by atoms with Gasteiger partial charge in [0.15, 0.2) is 0 Å². The van der Waals surface area contributed by atoms with E-state index >= 15 is 0 Å². The molecule has 0 aliphatic rings. The molecule has 0 aromatic carbocycles. The maximum absolute atomic E-state index is 13.4. The highest BCUT2D eigenvalue weighted by Crippen LogP contribution is 1.94. The number of alkyl halides is 1. The lowest BCUT2D eigenvalue weighted by molar-refractivity contribution is -0.124. The van der Waals surface area contributed by atoms with E-state index in [1.165, 1.54) is 0 Å². The van der Waals surface area contributed by atoms with Crippen LogP contribution in [0, 0.1) is 5.92 Å². The van der Waals surface area contributed by atoms with Crippen molar-refractivity contribution in [1.29, 1.82) is 0 Å². The standard InChI is InChI=1S/C14H29FN2O3/c1-11(2)14(18)17-9-13(15)10-20-8-7-19-6-5-16-12(3)4/h11-13,16H,5-10H2,1-4H3,(H,17,18). The van der Waals surface area contributed by atoms with Gasteiger partial charge in [-0.25, -0.2) is 4.39 Å². The minimum atomic E-state index is -1.18. The minimum Gasteiger partial charge on any atom is -0.378 e. The fourth-order valence-electron chi connectivity index (χ4n) is 1.33. The molecular weight excluding hydrogens is 263 g/mol. The van der Waals surface area contributed by atoms with Gasteiger partial charge < -0.3 is 20.1 Å². The molecule has 0 saturated carbocycles. The van der Waals surface area contributed by atoms with Crippen molar-refractivity contribution < 1.29 is 18.7 Å². The molecule has 0 heterocycles. The Morgan fingerprint density at radius 3 is 2.35 bits per heavy atom. The topological polar surface area (TPSA) is 59.6 Å². The van der Waals surface area contributed by atoms with Gasteiger partial charge in [-0.2, -0.15) is 0 Å². The fraction of sp³-hybridized carbons (Fsp3) is 0.929. The summed E-state index contributed by atoms with van der Waals surface area (Å²) in [7, 11) is 0. The van der Waals surface area contributed by atoms with Gasteiger partial charge in [-0.3, -0.25) is 4.79 Å². The highest BCUT2D eigenvalue weighted by atomic mass is 19.1. The van der Waals surface area contributed by atoms with Crippen molar-refractivity contribution >= 4 is 5.91 Å². The predicted molar refractivity (Wildman–Crippen MR) is 77.5 cm³/mol. The van der Waals surface area contributed by atoms with E-state index in [-0.39, 0.29) is 25.0 Å². The number of amides is 1. The highest BCUT2D eigenvalue weighted by molar-refractivity contribution is 5.77. The summed E-state index contributed by atoms with van der Waals surface area (Å²) in [6.45, 7) is 9.88. The van der Waals surface area contributed by atoms with Crippen LogP contribution in [0.15, 0.2) is 0 Å². The van der Waals surface area contributed by atoms with E-state index in [2.05, 4.69) is 24.5 Å². The molecule has 5 nitrogen and oxygen atoms in total. The van der Waals surface area contributed by atoms with E-state index < -0.39 is 6.17 Å². The van der Waals surface area contributed by atoms with Gasteiger partial charge in [0, 0.05) is 18.5 Å². The molecule has 2 N–H and O–H groups in total. The molecule has 1 amide bonds. The van der Waals surface area contributed by atoms with Crippen molar-refractivity contribution in [3.63, 3.8) is 0 Å². The van der Waals surface area contributed by atoms with Crippen molar-refractivity contribution in [1.82, 2.24) is 10.6 Å². The Morgan fingerprint density at radius 2 is 1.75 bits per heavy atom. The maximum atomic E-state index is 13.4. The second kappa shape index (κ2) is 12.1. The van der Waals surface area contributed by atoms with E-state index in [0.29, 0.717) is 25.9 Å². The van der Waals surface area contributed by atoms with Crippen LogP contribution < -0.4 is 10.6 Å². The Morgan fingerprint density at radius 1 is 1.10 bits per heavy atom. The molecule has 0 fully saturated rings. The largest absolute Gasteiger partial charge is 0.378 e. The van der Waals surface area contributed by atoms with Crippen LogP contribution in [0.3, 0.4) is 0 Å². The predicted octanol–water partition coefficient (Wildman–Crippen LogP) is 1.13. The Bertz CT molecular complexity index is 251. The van der Waals surface area contributed by atoms with Gasteiger partial charge >= 0.3 is 0 Å². The first kappa shape index (κ1) is 19.3. The van der Waals surface area contributed by atoms with Crippen LogP contribution in [0.5, 0.6) is 0 Å². The van der Waals surface area contributed by atoms with Crippen molar-refractivity contribution in [3.8, 4) is 0 Å². The summed E-state index contributed by atoms with van der Waals surface area (Å²) in [5.74, 6) is -0.274. The van der Waals surface area contributed by atoms with E-state index in [1.807, 2.05) is 0 Å². The Kier molecular flexibility index (Phi) is 11.6. The number of halogens is 1. The summed E-state index contributed by atoms with van der Waals surface area (Å²) < 4.78 is 23.8. The average molecular weight is 292 g/mol. The highest BCUT2D eigenvalue weighted by Gasteiger charge is 2.11. The summed E-state index contributed by atoms with van der Waals surface area (Å²) >= 11 is 0. The van der Waals surface area contributed by atoms with Gasteiger partial charge in [-0.1, -0.05) is 27.7 Å². The van der Waals surface area contributed by atoms with Crippen LogP contribution in [0.2, 0.25) is 0 Å². The third-order valence-corrected chi connectivity index (χ3v) is 2.49. The zero-order chi connectivity index (χ0) is 15.4. The summed E-state index contributed by atoms with van der Waals surface area (Å²) in [5.41, 5.74) is 0. The third kappa shape index (κ3) is 12.3. The molecular formula is C14H29FN2O3. The zero-order valence-corrected chi connectivity index (χ0v) is 13.1. The van der Waals surface area contributed by atoms with Crippen molar-refractivity contribution in [2.24, 2.45) is 5.92 Å². The van der Waals surface area contributed by atoms with Gasteiger partial charge in [0.2, 0.25) is 5.91 Å². The molecule has 20 heavy (non-hydrogen) atoms. The van der Waals surface area contributed by atoms with Gasteiger partial charge in [0.25, 0.3) is 0 Å². The molecule has 0 rings (SSSR count). The molecule has 1 atom stereocenters. The molecule has 120 valence electrons. The summed E-state index contributed by atoms with van der Waals surface area (Å²) in [6.07, 6.45) is -1.18. The van der Waals surface area contributed by atoms with Gasteiger partial charge in [-0.15, -0.1) is 0 Å².